The first-order chi connectivity index (χ1) is 15.7. The van der Waals surface area contributed by atoms with E-state index in [0.717, 1.165) is 0 Å². The minimum atomic E-state index is -3.98. The van der Waals surface area contributed by atoms with Gasteiger partial charge in [0.15, 0.2) is 0 Å². The van der Waals surface area contributed by atoms with Crippen LogP contribution in [0.2, 0.25) is 0 Å². The van der Waals surface area contributed by atoms with Gasteiger partial charge in [0.2, 0.25) is 15.9 Å². The summed E-state index contributed by atoms with van der Waals surface area (Å²) in [6, 6.07) is 16.1. The number of rotatable bonds is 10. The van der Waals surface area contributed by atoms with Crippen LogP contribution < -0.4 is 20.1 Å². The molecule has 0 unspecified atom stereocenters. The molecule has 0 fully saturated rings. The van der Waals surface area contributed by atoms with Crippen LogP contribution >= 0.6 is 0 Å². The Morgan fingerprint density at radius 1 is 1.00 bits per heavy atom. The van der Waals surface area contributed by atoms with Crippen LogP contribution in [0.1, 0.15) is 30.0 Å². The van der Waals surface area contributed by atoms with Gasteiger partial charge in [-0.2, -0.15) is 0 Å². The molecule has 0 atom stereocenters. The molecule has 0 bridgehead atoms. The molecular weight excluding hydrogens is 446 g/mol. The summed E-state index contributed by atoms with van der Waals surface area (Å²) in [7, 11) is -3.98. The van der Waals surface area contributed by atoms with Crippen molar-refractivity contribution in [3.8, 4) is 5.75 Å². The van der Waals surface area contributed by atoms with Crippen molar-refractivity contribution in [3.05, 3.63) is 78.3 Å². The van der Waals surface area contributed by atoms with Crippen molar-refractivity contribution < 1.29 is 27.2 Å². The monoisotopic (exact) mass is 471 g/mol. The van der Waals surface area contributed by atoms with Gasteiger partial charge in [-0.05, 0) is 62.4 Å². The molecule has 33 heavy (non-hydrogen) atoms. The fourth-order valence-electron chi connectivity index (χ4n) is 2.91. The SMILES string of the molecule is CC(C)Oc1ccc(NS(=O)(=O)CC(=O)Nc2ccccc2C(=O)NCc2ccco2)cc1. The summed E-state index contributed by atoms with van der Waals surface area (Å²) >= 11 is 0. The van der Waals surface area contributed by atoms with Crippen LogP contribution in [0.4, 0.5) is 11.4 Å². The van der Waals surface area contributed by atoms with E-state index in [1.165, 1.54) is 18.4 Å². The Hall–Kier alpha value is -3.79. The summed E-state index contributed by atoms with van der Waals surface area (Å²) in [6.07, 6.45) is 1.49. The molecule has 0 aliphatic carbocycles. The summed E-state index contributed by atoms with van der Waals surface area (Å²) in [5.41, 5.74) is 0.699. The number of anilines is 2. The molecule has 0 saturated heterocycles. The van der Waals surface area contributed by atoms with E-state index in [4.69, 9.17) is 9.15 Å². The molecule has 2 amide bonds. The minimum absolute atomic E-state index is 0.00802. The summed E-state index contributed by atoms with van der Waals surface area (Å²) in [5, 5.41) is 5.18. The largest absolute Gasteiger partial charge is 0.491 e. The molecular formula is C23H25N3O6S. The molecule has 0 aliphatic heterocycles. The quantitative estimate of drug-likeness (QED) is 0.416. The van der Waals surface area contributed by atoms with E-state index in [2.05, 4.69) is 15.4 Å². The maximum atomic E-state index is 12.5. The Bertz CT molecular complexity index is 1190. The molecule has 9 nitrogen and oxygen atoms in total. The molecule has 1 aromatic heterocycles. The number of carbonyl (C=O) groups excluding carboxylic acids is 2. The second kappa shape index (κ2) is 10.7. The Labute approximate surface area is 192 Å². The number of hydrogen-bond donors (Lipinski definition) is 3. The lowest BCUT2D eigenvalue weighted by Crippen LogP contribution is -2.29. The lowest BCUT2D eigenvalue weighted by Gasteiger charge is -2.13. The van der Waals surface area contributed by atoms with E-state index >= 15 is 0 Å². The van der Waals surface area contributed by atoms with E-state index in [0.29, 0.717) is 17.2 Å². The molecule has 3 aromatic rings. The zero-order valence-electron chi connectivity index (χ0n) is 18.2. The highest BCUT2D eigenvalue weighted by atomic mass is 32.2. The smallest absolute Gasteiger partial charge is 0.253 e. The maximum absolute atomic E-state index is 12.5. The molecule has 0 aliphatic rings. The van der Waals surface area contributed by atoms with Gasteiger partial charge in [0.25, 0.3) is 5.91 Å². The number of furan rings is 1. The van der Waals surface area contributed by atoms with Crippen LogP contribution in [0.5, 0.6) is 5.75 Å². The third-order valence-electron chi connectivity index (χ3n) is 4.27. The van der Waals surface area contributed by atoms with Gasteiger partial charge in [-0.1, -0.05) is 12.1 Å². The second-order valence-corrected chi connectivity index (χ2v) is 9.13. The average Bonchev–Trinajstić information content (AvgIpc) is 3.26. The van der Waals surface area contributed by atoms with Crippen molar-refractivity contribution in [2.24, 2.45) is 0 Å². The van der Waals surface area contributed by atoms with Gasteiger partial charge in [0.05, 0.1) is 30.2 Å². The molecule has 0 radical (unpaired) electrons. The van der Waals surface area contributed by atoms with Crippen molar-refractivity contribution >= 4 is 33.2 Å². The van der Waals surface area contributed by atoms with Gasteiger partial charge in [0.1, 0.15) is 17.3 Å². The molecule has 0 spiro atoms. The van der Waals surface area contributed by atoms with Gasteiger partial charge < -0.3 is 19.8 Å². The van der Waals surface area contributed by atoms with E-state index in [1.54, 1.807) is 48.5 Å². The minimum Gasteiger partial charge on any atom is -0.491 e. The van der Waals surface area contributed by atoms with Crippen molar-refractivity contribution in [1.82, 2.24) is 5.32 Å². The van der Waals surface area contributed by atoms with Gasteiger partial charge in [-0.15, -0.1) is 0 Å². The number of benzene rings is 2. The molecule has 10 heteroatoms. The fourth-order valence-corrected chi connectivity index (χ4v) is 3.90. The van der Waals surface area contributed by atoms with Crippen molar-refractivity contribution in [1.29, 1.82) is 0 Å². The van der Waals surface area contributed by atoms with Crippen LogP contribution in [0.15, 0.2) is 71.3 Å². The normalized spacial score (nSPS) is 11.1. The lowest BCUT2D eigenvalue weighted by atomic mass is 10.1. The van der Waals surface area contributed by atoms with Crippen LogP contribution in [0, 0.1) is 0 Å². The van der Waals surface area contributed by atoms with Gasteiger partial charge in [-0.3, -0.25) is 14.3 Å². The molecule has 3 N–H and O–H groups in total. The van der Waals surface area contributed by atoms with Crippen LogP contribution in [0.25, 0.3) is 0 Å². The number of sulfonamides is 1. The number of hydrogen-bond acceptors (Lipinski definition) is 6. The molecule has 3 rings (SSSR count). The number of amides is 2. The summed E-state index contributed by atoms with van der Waals surface area (Å²) in [5.74, 6) is -0.862. The standard InChI is InChI=1S/C23H25N3O6S/c1-16(2)32-18-11-9-17(10-12-18)26-33(29,30)15-22(27)25-21-8-4-3-7-20(21)23(28)24-14-19-6-5-13-31-19/h3-13,16,26H,14-15H2,1-2H3,(H,24,28)(H,25,27). The Morgan fingerprint density at radius 3 is 2.39 bits per heavy atom. The topological polar surface area (TPSA) is 127 Å². The van der Waals surface area contributed by atoms with E-state index < -0.39 is 27.6 Å². The van der Waals surface area contributed by atoms with Gasteiger partial charge in [0, 0.05) is 5.69 Å². The van der Waals surface area contributed by atoms with E-state index in [-0.39, 0.29) is 23.9 Å². The first-order valence-electron chi connectivity index (χ1n) is 10.2. The molecule has 174 valence electrons. The Balaban J connectivity index is 1.60. The fraction of sp³-hybridized carbons (Fsp3) is 0.217. The second-order valence-electron chi connectivity index (χ2n) is 7.41. The van der Waals surface area contributed by atoms with Crippen molar-refractivity contribution in [2.75, 3.05) is 15.8 Å². The summed E-state index contributed by atoms with van der Waals surface area (Å²) in [4.78, 5) is 24.9. The third-order valence-corrected chi connectivity index (χ3v) is 5.46. The molecule has 1 heterocycles. The highest BCUT2D eigenvalue weighted by molar-refractivity contribution is 7.93. The Kier molecular flexibility index (Phi) is 7.73. The predicted octanol–water partition coefficient (Wildman–Crippen LogP) is 3.38. The van der Waals surface area contributed by atoms with Crippen molar-refractivity contribution in [2.45, 2.75) is 26.5 Å². The number of para-hydroxylation sites is 1. The predicted molar refractivity (Wildman–Crippen MR) is 125 cm³/mol. The third kappa shape index (κ3) is 7.39. The van der Waals surface area contributed by atoms with Crippen molar-refractivity contribution in [3.63, 3.8) is 0 Å². The van der Waals surface area contributed by atoms with Crippen LogP contribution in [0.3, 0.4) is 0 Å². The zero-order chi connectivity index (χ0) is 23.8. The highest BCUT2D eigenvalue weighted by Crippen LogP contribution is 2.19. The lowest BCUT2D eigenvalue weighted by molar-refractivity contribution is -0.113. The molecule has 2 aromatic carbocycles. The van der Waals surface area contributed by atoms with Gasteiger partial charge in [-0.25, -0.2) is 8.42 Å². The number of ether oxygens (including phenoxy) is 1. The Morgan fingerprint density at radius 2 is 1.73 bits per heavy atom. The molecule has 0 saturated carbocycles. The number of nitrogens with one attached hydrogen (secondary N) is 3. The van der Waals surface area contributed by atoms with E-state index in [1.807, 2.05) is 13.8 Å². The number of carbonyl (C=O) groups is 2. The zero-order valence-corrected chi connectivity index (χ0v) is 19.0. The highest BCUT2D eigenvalue weighted by Gasteiger charge is 2.19. The summed E-state index contributed by atoms with van der Waals surface area (Å²) in [6.45, 7) is 3.94. The maximum Gasteiger partial charge on any atom is 0.253 e. The average molecular weight is 472 g/mol. The summed E-state index contributed by atoms with van der Waals surface area (Å²) < 4.78 is 37.9. The first kappa shape index (κ1) is 23.9. The van der Waals surface area contributed by atoms with Crippen LogP contribution in [-0.2, 0) is 21.4 Å². The van der Waals surface area contributed by atoms with Gasteiger partial charge >= 0.3 is 0 Å². The van der Waals surface area contributed by atoms with Crippen LogP contribution in [-0.4, -0.2) is 32.1 Å². The first-order valence-corrected chi connectivity index (χ1v) is 11.8. The van der Waals surface area contributed by atoms with E-state index in [9.17, 15) is 18.0 Å².